The van der Waals surface area contributed by atoms with Crippen molar-refractivity contribution in [3.63, 3.8) is 0 Å². The van der Waals surface area contributed by atoms with Crippen LogP contribution in [0.5, 0.6) is 11.5 Å². The van der Waals surface area contributed by atoms with E-state index in [1.165, 1.54) is 0 Å². The number of carbonyl (C=O) groups excluding carboxylic acids is 1. The van der Waals surface area contributed by atoms with Gasteiger partial charge in [0.2, 0.25) is 6.79 Å². The van der Waals surface area contributed by atoms with Crippen LogP contribution >= 0.6 is 0 Å². The van der Waals surface area contributed by atoms with Crippen LogP contribution in [-0.2, 0) is 19.6 Å². The number of ether oxygens (including phenoxy) is 2. The fourth-order valence-corrected chi connectivity index (χ4v) is 4.53. The van der Waals surface area contributed by atoms with Gasteiger partial charge in [0.25, 0.3) is 5.91 Å². The zero-order chi connectivity index (χ0) is 25.9. The first-order valence-corrected chi connectivity index (χ1v) is 12.4. The van der Waals surface area contributed by atoms with Crippen LogP contribution in [0.3, 0.4) is 0 Å². The number of fused-ring (bicyclic) bond motifs is 2. The van der Waals surface area contributed by atoms with E-state index < -0.39 is 0 Å². The molecule has 8 nitrogen and oxygen atoms in total. The number of benzene rings is 3. The van der Waals surface area contributed by atoms with Gasteiger partial charge in [-0.25, -0.2) is 4.98 Å². The average molecular weight is 506 g/mol. The molecule has 3 heterocycles. The van der Waals surface area contributed by atoms with Gasteiger partial charge in [0.1, 0.15) is 17.2 Å². The lowest BCUT2D eigenvalue weighted by atomic mass is 10.1. The average Bonchev–Trinajstić information content (AvgIpc) is 3.59. The van der Waals surface area contributed by atoms with Gasteiger partial charge >= 0.3 is 0 Å². The highest BCUT2D eigenvalue weighted by Crippen LogP contribution is 2.38. The lowest BCUT2D eigenvalue weighted by Crippen LogP contribution is -2.23. The monoisotopic (exact) mass is 505 g/mol. The highest BCUT2D eigenvalue weighted by atomic mass is 16.7. The van der Waals surface area contributed by atoms with Crippen molar-refractivity contribution < 1.29 is 14.3 Å². The normalized spacial score (nSPS) is 12.0. The van der Waals surface area contributed by atoms with Crippen molar-refractivity contribution in [2.75, 3.05) is 12.1 Å². The van der Waals surface area contributed by atoms with Crippen LogP contribution in [0.25, 0.3) is 16.9 Å². The molecule has 38 heavy (non-hydrogen) atoms. The summed E-state index contributed by atoms with van der Waals surface area (Å²) >= 11 is 0. The number of pyridine rings is 1. The summed E-state index contributed by atoms with van der Waals surface area (Å²) in [5, 5.41) is 6.54. The van der Waals surface area contributed by atoms with E-state index in [0.29, 0.717) is 42.3 Å². The zero-order valence-electron chi connectivity index (χ0n) is 20.7. The quantitative estimate of drug-likeness (QED) is 0.282. The van der Waals surface area contributed by atoms with Gasteiger partial charge in [-0.3, -0.25) is 9.20 Å². The number of hydrogen-bond donors (Lipinski definition) is 3. The van der Waals surface area contributed by atoms with E-state index in [-0.39, 0.29) is 12.7 Å². The maximum absolute atomic E-state index is 13.0. The van der Waals surface area contributed by atoms with Gasteiger partial charge in [0.15, 0.2) is 11.5 Å². The van der Waals surface area contributed by atoms with E-state index in [2.05, 4.69) is 22.8 Å². The second kappa shape index (κ2) is 10.3. The Labute approximate surface area is 220 Å². The molecule has 1 amide bonds. The number of nitrogens with zero attached hydrogens (tertiary/aromatic N) is 2. The fourth-order valence-electron chi connectivity index (χ4n) is 4.53. The van der Waals surface area contributed by atoms with Gasteiger partial charge < -0.3 is 25.8 Å². The second-order valence-corrected chi connectivity index (χ2v) is 9.07. The van der Waals surface area contributed by atoms with E-state index in [1.54, 1.807) is 12.1 Å². The summed E-state index contributed by atoms with van der Waals surface area (Å²) in [7, 11) is 0. The molecule has 6 rings (SSSR count). The molecule has 0 saturated heterocycles. The first-order valence-electron chi connectivity index (χ1n) is 12.4. The number of amides is 1. The minimum absolute atomic E-state index is 0.169. The number of aromatic nitrogens is 2. The maximum atomic E-state index is 13.0. The third-order valence-corrected chi connectivity index (χ3v) is 6.52. The molecule has 0 radical (unpaired) electrons. The Bertz CT molecular complexity index is 1610. The van der Waals surface area contributed by atoms with Crippen LogP contribution < -0.4 is 25.8 Å². The summed E-state index contributed by atoms with van der Waals surface area (Å²) in [6.45, 7) is 1.71. The van der Waals surface area contributed by atoms with Crippen molar-refractivity contribution in [3.8, 4) is 22.8 Å². The first kappa shape index (κ1) is 23.6. The Kier molecular flexibility index (Phi) is 6.37. The molecular formula is C30H27N5O3. The van der Waals surface area contributed by atoms with Gasteiger partial charge in [0, 0.05) is 37.0 Å². The minimum atomic E-state index is -0.169. The second-order valence-electron chi connectivity index (χ2n) is 9.07. The van der Waals surface area contributed by atoms with Crippen LogP contribution in [0, 0.1) is 0 Å². The third kappa shape index (κ3) is 4.77. The van der Waals surface area contributed by atoms with Crippen molar-refractivity contribution in [2.24, 2.45) is 5.73 Å². The third-order valence-electron chi connectivity index (χ3n) is 6.52. The predicted molar refractivity (Wildman–Crippen MR) is 146 cm³/mol. The molecule has 0 aliphatic carbocycles. The Morgan fingerprint density at radius 2 is 1.68 bits per heavy atom. The van der Waals surface area contributed by atoms with E-state index in [4.69, 9.17) is 20.2 Å². The van der Waals surface area contributed by atoms with Crippen molar-refractivity contribution in [1.29, 1.82) is 0 Å². The SMILES string of the molecule is NCc1cccc(CNC(=O)c2ccn3c(NCc4ccccc4)c(-c4ccc5c(c4)OCO5)nc3c2)c1. The highest BCUT2D eigenvalue weighted by Gasteiger charge is 2.20. The Balaban J connectivity index is 1.31. The van der Waals surface area contributed by atoms with Crippen molar-refractivity contribution in [2.45, 2.75) is 19.6 Å². The number of rotatable bonds is 8. The molecule has 4 N–H and O–H groups in total. The van der Waals surface area contributed by atoms with Gasteiger partial charge in [-0.05, 0) is 47.0 Å². The standard InChI is InChI=1S/C30H27N5O3/c31-16-21-7-4-8-22(13-21)18-33-30(36)24-11-12-35-27(15-24)34-28(23-9-10-25-26(14-23)38-19-37-25)29(35)32-17-20-5-2-1-3-6-20/h1-15,32H,16-19,31H2,(H,33,36). The van der Waals surface area contributed by atoms with Gasteiger partial charge in [-0.1, -0.05) is 54.6 Å². The number of carbonyl (C=O) groups is 1. The highest BCUT2D eigenvalue weighted by molar-refractivity contribution is 5.95. The first-order chi connectivity index (χ1) is 18.7. The summed E-state index contributed by atoms with van der Waals surface area (Å²) in [4.78, 5) is 17.9. The smallest absolute Gasteiger partial charge is 0.251 e. The molecule has 1 aliphatic heterocycles. The van der Waals surface area contributed by atoms with E-state index >= 15 is 0 Å². The summed E-state index contributed by atoms with van der Waals surface area (Å²) in [5.74, 6) is 2.06. The number of nitrogens with two attached hydrogens (primary N) is 1. The van der Waals surface area contributed by atoms with Crippen LogP contribution in [0.2, 0.25) is 0 Å². The van der Waals surface area contributed by atoms with Crippen LogP contribution in [0.15, 0.2) is 91.1 Å². The van der Waals surface area contributed by atoms with Crippen molar-refractivity contribution >= 4 is 17.4 Å². The number of anilines is 1. The van der Waals surface area contributed by atoms with Crippen molar-refractivity contribution in [3.05, 3.63) is 113 Å². The topological polar surface area (TPSA) is 103 Å². The van der Waals surface area contributed by atoms with E-state index in [1.807, 2.05) is 71.3 Å². The molecule has 2 aromatic heterocycles. The molecule has 0 bridgehead atoms. The molecule has 0 fully saturated rings. The van der Waals surface area contributed by atoms with Crippen molar-refractivity contribution in [1.82, 2.24) is 14.7 Å². The summed E-state index contributed by atoms with van der Waals surface area (Å²) in [5.41, 5.74) is 11.8. The lowest BCUT2D eigenvalue weighted by Gasteiger charge is -2.10. The molecule has 1 aliphatic rings. The largest absolute Gasteiger partial charge is 0.454 e. The summed E-state index contributed by atoms with van der Waals surface area (Å²) < 4.78 is 13.0. The van der Waals surface area contributed by atoms with E-state index in [0.717, 1.165) is 33.8 Å². The number of nitrogens with one attached hydrogen (secondary N) is 2. The zero-order valence-corrected chi connectivity index (χ0v) is 20.7. The molecule has 0 unspecified atom stereocenters. The molecule has 3 aromatic carbocycles. The molecule has 0 spiro atoms. The van der Waals surface area contributed by atoms with Gasteiger partial charge in [0.05, 0.1) is 0 Å². The molecule has 5 aromatic rings. The van der Waals surface area contributed by atoms with Crippen LogP contribution in [0.4, 0.5) is 5.82 Å². The molecule has 0 saturated carbocycles. The molecule has 8 heteroatoms. The van der Waals surface area contributed by atoms with E-state index in [9.17, 15) is 4.79 Å². The fraction of sp³-hybridized carbons (Fsp3) is 0.133. The molecular weight excluding hydrogens is 478 g/mol. The Morgan fingerprint density at radius 3 is 2.55 bits per heavy atom. The van der Waals surface area contributed by atoms with Gasteiger partial charge in [-0.15, -0.1) is 0 Å². The van der Waals surface area contributed by atoms with Crippen LogP contribution in [-0.4, -0.2) is 22.1 Å². The minimum Gasteiger partial charge on any atom is -0.454 e. The lowest BCUT2D eigenvalue weighted by molar-refractivity contribution is 0.0951. The number of imidazole rings is 1. The summed E-state index contributed by atoms with van der Waals surface area (Å²) in [6.07, 6.45) is 1.87. The predicted octanol–water partition coefficient (Wildman–Crippen LogP) is 4.73. The molecule has 190 valence electrons. The summed E-state index contributed by atoms with van der Waals surface area (Å²) in [6, 6.07) is 27.5. The van der Waals surface area contributed by atoms with Crippen LogP contribution in [0.1, 0.15) is 27.0 Å². The molecule has 0 atom stereocenters. The Hall–Kier alpha value is -4.82. The number of hydrogen-bond acceptors (Lipinski definition) is 6. The Morgan fingerprint density at radius 1 is 0.868 bits per heavy atom. The maximum Gasteiger partial charge on any atom is 0.251 e. The van der Waals surface area contributed by atoms with Gasteiger partial charge in [-0.2, -0.15) is 0 Å².